The monoisotopic (exact) mass is 347 g/mol. The van der Waals surface area contributed by atoms with E-state index in [2.05, 4.69) is 52.7 Å². The molecule has 4 rings (SSSR count). The van der Waals surface area contributed by atoms with Crippen LogP contribution in [0.5, 0.6) is 5.75 Å². The highest BCUT2D eigenvalue weighted by atomic mass is 32.1. The number of benzene rings is 2. The number of fused-ring (bicyclic) bond motifs is 1. The molecule has 2 N–H and O–H groups in total. The topological polar surface area (TPSA) is 58.0 Å². The van der Waals surface area contributed by atoms with Gasteiger partial charge >= 0.3 is 0 Å². The Hall–Kier alpha value is -2.92. The molecule has 0 bridgehead atoms. The predicted octanol–water partition coefficient (Wildman–Crippen LogP) is 5.42. The maximum atomic E-state index is 9.46. The number of phenolic OH excluding ortho intramolecular Hbond substituents is 1. The van der Waals surface area contributed by atoms with Crippen molar-refractivity contribution in [2.24, 2.45) is 0 Å². The molecular weight excluding hydrogens is 330 g/mol. The van der Waals surface area contributed by atoms with Crippen molar-refractivity contribution >= 4 is 33.1 Å². The Morgan fingerprint density at radius 1 is 0.960 bits per heavy atom. The fourth-order valence-electron chi connectivity index (χ4n) is 2.97. The maximum Gasteiger partial charge on any atom is 0.143 e. The standard InChI is InChI=1S/C20H17N3OS/c1-12-3-8-16(13(2)9-12)17-10-25-20-18(17)19(21-11-22-20)23-14-4-6-15(24)7-5-14/h3-11,24H,1-2H3,(H,21,22,23). The summed E-state index contributed by atoms with van der Waals surface area (Å²) in [5, 5.41) is 16.0. The Balaban J connectivity index is 1.85. The zero-order chi connectivity index (χ0) is 17.4. The van der Waals surface area contributed by atoms with E-state index in [-0.39, 0.29) is 5.75 Å². The molecule has 4 aromatic rings. The van der Waals surface area contributed by atoms with Crippen LogP contribution in [-0.2, 0) is 0 Å². The third kappa shape index (κ3) is 2.94. The van der Waals surface area contributed by atoms with Gasteiger partial charge in [-0.25, -0.2) is 9.97 Å². The minimum absolute atomic E-state index is 0.241. The summed E-state index contributed by atoms with van der Waals surface area (Å²) in [7, 11) is 0. The fraction of sp³-hybridized carbons (Fsp3) is 0.100. The third-order valence-electron chi connectivity index (χ3n) is 4.17. The van der Waals surface area contributed by atoms with E-state index in [1.54, 1.807) is 29.8 Å². The van der Waals surface area contributed by atoms with E-state index >= 15 is 0 Å². The van der Waals surface area contributed by atoms with E-state index < -0.39 is 0 Å². The molecule has 0 amide bonds. The molecule has 0 aliphatic carbocycles. The first-order chi connectivity index (χ1) is 12.1. The van der Waals surface area contributed by atoms with Crippen molar-refractivity contribution in [1.29, 1.82) is 0 Å². The molecule has 25 heavy (non-hydrogen) atoms. The molecule has 0 aliphatic heterocycles. The number of anilines is 2. The van der Waals surface area contributed by atoms with Gasteiger partial charge in [0.2, 0.25) is 0 Å². The number of aromatic hydroxyl groups is 1. The Kier molecular flexibility index (Phi) is 3.86. The van der Waals surface area contributed by atoms with Gasteiger partial charge in [-0.3, -0.25) is 0 Å². The average molecular weight is 347 g/mol. The Morgan fingerprint density at radius 3 is 2.52 bits per heavy atom. The number of aryl methyl sites for hydroxylation is 2. The van der Waals surface area contributed by atoms with E-state index in [1.165, 1.54) is 16.7 Å². The van der Waals surface area contributed by atoms with Crippen molar-refractivity contribution in [1.82, 2.24) is 9.97 Å². The first-order valence-corrected chi connectivity index (χ1v) is 8.85. The largest absolute Gasteiger partial charge is 0.508 e. The zero-order valence-corrected chi connectivity index (χ0v) is 14.8. The average Bonchev–Trinajstić information content (AvgIpc) is 3.02. The van der Waals surface area contributed by atoms with Gasteiger partial charge in [-0.1, -0.05) is 23.8 Å². The van der Waals surface area contributed by atoms with Crippen molar-refractivity contribution in [3.8, 4) is 16.9 Å². The summed E-state index contributed by atoms with van der Waals surface area (Å²) in [6.07, 6.45) is 1.58. The number of rotatable bonds is 3. The second kappa shape index (κ2) is 6.18. The van der Waals surface area contributed by atoms with E-state index in [1.807, 2.05) is 12.1 Å². The minimum Gasteiger partial charge on any atom is -0.508 e. The molecule has 5 heteroatoms. The molecule has 0 fully saturated rings. The van der Waals surface area contributed by atoms with E-state index in [9.17, 15) is 5.11 Å². The van der Waals surface area contributed by atoms with Gasteiger partial charge in [-0.15, -0.1) is 11.3 Å². The molecular formula is C20H17N3OS. The maximum absolute atomic E-state index is 9.46. The summed E-state index contributed by atoms with van der Waals surface area (Å²) in [5.41, 5.74) is 5.69. The van der Waals surface area contributed by atoms with Gasteiger partial charge in [0, 0.05) is 16.6 Å². The van der Waals surface area contributed by atoms with Crippen LogP contribution in [0.1, 0.15) is 11.1 Å². The molecule has 2 aromatic heterocycles. The van der Waals surface area contributed by atoms with Crippen LogP contribution in [0.15, 0.2) is 54.2 Å². The van der Waals surface area contributed by atoms with Crippen LogP contribution in [0.3, 0.4) is 0 Å². The lowest BCUT2D eigenvalue weighted by Crippen LogP contribution is -1.95. The quantitative estimate of drug-likeness (QED) is 0.486. The highest BCUT2D eigenvalue weighted by Gasteiger charge is 2.14. The molecule has 0 atom stereocenters. The van der Waals surface area contributed by atoms with Gasteiger partial charge in [0.15, 0.2) is 0 Å². The lowest BCUT2D eigenvalue weighted by Gasteiger charge is -2.10. The normalized spacial score (nSPS) is 11.0. The molecule has 0 radical (unpaired) electrons. The predicted molar refractivity (Wildman–Crippen MR) is 104 cm³/mol. The molecule has 0 spiro atoms. The van der Waals surface area contributed by atoms with Gasteiger partial charge in [0.25, 0.3) is 0 Å². The van der Waals surface area contributed by atoms with Crippen LogP contribution in [0.2, 0.25) is 0 Å². The van der Waals surface area contributed by atoms with Gasteiger partial charge in [-0.2, -0.15) is 0 Å². The third-order valence-corrected chi connectivity index (χ3v) is 5.06. The van der Waals surface area contributed by atoms with Crippen molar-refractivity contribution in [3.05, 3.63) is 65.3 Å². The molecule has 2 aromatic carbocycles. The zero-order valence-electron chi connectivity index (χ0n) is 13.9. The van der Waals surface area contributed by atoms with Crippen molar-refractivity contribution in [2.45, 2.75) is 13.8 Å². The van der Waals surface area contributed by atoms with Crippen molar-refractivity contribution < 1.29 is 5.11 Å². The number of aromatic nitrogens is 2. The summed E-state index contributed by atoms with van der Waals surface area (Å²) in [6.45, 7) is 4.23. The van der Waals surface area contributed by atoms with Crippen LogP contribution in [-0.4, -0.2) is 15.1 Å². The molecule has 2 heterocycles. The van der Waals surface area contributed by atoms with Crippen LogP contribution in [0, 0.1) is 13.8 Å². The van der Waals surface area contributed by atoms with Gasteiger partial charge < -0.3 is 10.4 Å². The molecule has 0 unspecified atom stereocenters. The smallest absolute Gasteiger partial charge is 0.143 e. The van der Waals surface area contributed by atoms with E-state index in [4.69, 9.17) is 0 Å². The number of nitrogens with zero attached hydrogens (tertiary/aromatic N) is 2. The molecule has 124 valence electrons. The van der Waals surface area contributed by atoms with E-state index in [0.29, 0.717) is 0 Å². The molecule has 0 saturated carbocycles. The molecule has 4 nitrogen and oxygen atoms in total. The number of hydrogen-bond donors (Lipinski definition) is 2. The van der Waals surface area contributed by atoms with Gasteiger partial charge in [0.1, 0.15) is 22.7 Å². The minimum atomic E-state index is 0.241. The number of nitrogens with one attached hydrogen (secondary N) is 1. The SMILES string of the molecule is Cc1ccc(-c2csc3ncnc(Nc4ccc(O)cc4)c23)c(C)c1. The first kappa shape index (κ1) is 15.6. The lowest BCUT2D eigenvalue weighted by atomic mass is 9.99. The second-order valence-electron chi connectivity index (χ2n) is 6.04. The van der Waals surface area contributed by atoms with Crippen LogP contribution >= 0.6 is 11.3 Å². The Morgan fingerprint density at radius 2 is 1.76 bits per heavy atom. The second-order valence-corrected chi connectivity index (χ2v) is 6.90. The number of phenols is 1. The van der Waals surface area contributed by atoms with Crippen molar-refractivity contribution in [3.63, 3.8) is 0 Å². The van der Waals surface area contributed by atoms with Crippen LogP contribution in [0.4, 0.5) is 11.5 Å². The highest BCUT2D eigenvalue weighted by Crippen LogP contribution is 2.38. The van der Waals surface area contributed by atoms with Crippen LogP contribution < -0.4 is 5.32 Å². The molecule has 0 aliphatic rings. The molecule has 0 saturated heterocycles. The summed E-state index contributed by atoms with van der Waals surface area (Å²) >= 11 is 1.62. The number of thiophene rings is 1. The highest BCUT2D eigenvalue weighted by molar-refractivity contribution is 7.17. The van der Waals surface area contributed by atoms with Crippen LogP contribution in [0.25, 0.3) is 21.3 Å². The Bertz CT molecular complexity index is 1050. The number of hydrogen-bond acceptors (Lipinski definition) is 5. The first-order valence-electron chi connectivity index (χ1n) is 7.98. The summed E-state index contributed by atoms with van der Waals surface area (Å²) < 4.78 is 0. The summed E-state index contributed by atoms with van der Waals surface area (Å²) in [4.78, 5) is 9.82. The summed E-state index contributed by atoms with van der Waals surface area (Å²) in [6, 6.07) is 13.4. The van der Waals surface area contributed by atoms with Gasteiger partial charge in [0.05, 0.1) is 5.39 Å². The Labute approximate surface area is 149 Å². The van der Waals surface area contributed by atoms with Gasteiger partial charge in [-0.05, 0) is 49.2 Å². The lowest BCUT2D eigenvalue weighted by molar-refractivity contribution is 0.475. The van der Waals surface area contributed by atoms with Crippen molar-refractivity contribution in [2.75, 3.05) is 5.32 Å². The van der Waals surface area contributed by atoms with E-state index in [0.717, 1.165) is 27.3 Å². The summed E-state index contributed by atoms with van der Waals surface area (Å²) in [5.74, 6) is 1.01. The fourth-order valence-corrected chi connectivity index (χ4v) is 3.87.